The molecule has 1 aromatic carbocycles. The van der Waals surface area contributed by atoms with Gasteiger partial charge in [-0.1, -0.05) is 26.0 Å². The minimum Gasteiger partial charge on any atom is -0.381 e. The molecule has 0 amide bonds. The number of nitrogens with one attached hydrogen (secondary N) is 1. The molecule has 0 bridgehead atoms. The molecule has 0 radical (unpaired) electrons. The Hall–Kier alpha value is -2.04. The van der Waals surface area contributed by atoms with E-state index in [-0.39, 0.29) is 0 Å². The molecule has 0 saturated carbocycles. The van der Waals surface area contributed by atoms with Gasteiger partial charge in [0.25, 0.3) is 0 Å². The summed E-state index contributed by atoms with van der Waals surface area (Å²) in [5, 5.41) is 7.85. The zero-order valence-corrected chi connectivity index (χ0v) is 13.0. The summed E-state index contributed by atoms with van der Waals surface area (Å²) in [6.45, 7) is 9.31. The van der Waals surface area contributed by atoms with E-state index in [0.29, 0.717) is 12.0 Å². The van der Waals surface area contributed by atoms with Crippen molar-refractivity contribution >= 4 is 11.4 Å². The van der Waals surface area contributed by atoms with Crippen LogP contribution in [-0.4, -0.2) is 27.4 Å². The number of para-hydroxylation sites is 2. The number of rotatable bonds is 4. The Labute approximate surface area is 126 Å². The van der Waals surface area contributed by atoms with Gasteiger partial charge in [-0.05, 0) is 25.0 Å². The van der Waals surface area contributed by atoms with E-state index < -0.39 is 0 Å². The first-order chi connectivity index (χ1) is 10.1. The minimum atomic E-state index is 0.434. The maximum atomic E-state index is 4.46. The molecule has 1 aromatic heterocycles. The molecule has 1 N–H and O–H groups in total. The van der Waals surface area contributed by atoms with E-state index in [1.54, 1.807) is 6.33 Å². The van der Waals surface area contributed by atoms with Crippen LogP contribution in [0.15, 0.2) is 30.6 Å². The largest absolute Gasteiger partial charge is 0.381 e. The van der Waals surface area contributed by atoms with Gasteiger partial charge in [-0.25, -0.2) is 9.67 Å². The normalized spacial score (nSPS) is 17.7. The first-order valence-electron chi connectivity index (χ1n) is 7.61. The first kappa shape index (κ1) is 13.9. The number of aromatic nitrogens is 3. The molecular formula is C16H23N5. The Morgan fingerprint density at radius 1 is 1.33 bits per heavy atom. The van der Waals surface area contributed by atoms with Gasteiger partial charge in [0.05, 0.1) is 17.9 Å². The molecular weight excluding hydrogens is 262 g/mol. The van der Waals surface area contributed by atoms with E-state index in [1.807, 2.05) is 4.68 Å². The van der Waals surface area contributed by atoms with E-state index in [9.17, 15) is 0 Å². The Kier molecular flexibility index (Phi) is 3.82. The summed E-state index contributed by atoms with van der Waals surface area (Å²) >= 11 is 0. The topological polar surface area (TPSA) is 46.0 Å². The molecule has 2 aromatic rings. The summed E-state index contributed by atoms with van der Waals surface area (Å²) in [4.78, 5) is 6.87. The lowest BCUT2D eigenvalue weighted by Gasteiger charge is -2.37. The third kappa shape index (κ3) is 2.86. The average molecular weight is 285 g/mol. The van der Waals surface area contributed by atoms with Gasteiger partial charge in [0, 0.05) is 19.1 Å². The van der Waals surface area contributed by atoms with Crippen molar-refractivity contribution < 1.29 is 0 Å². The SMILES string of the molecule is CC(C)Cn1ncnc1CN1c2ccccc2NCC1C. The van der Waals surface area contributed by atoms with Crippen LogP contribution in [0.2, 0.25) is 0 Å². The molecule has 5 nitrogen and oxygen atoms in total. The summed E-state index contributed by atoms with van der Waals surface area (Å²) in [5.41, 5.74) is 2.45. The van der Waals surface area contributed by atoms with Gasteiger partial charge in [-0.3, -0.25) is 0 Å². The lowest BCUT2D eigenvalue weighted by molar-refractivity contribution is 0.460. The van der Waals surface area contributed by atoms with Gasteiger partial charge < -0.3 is 10.2 Å². The predicted octanol–water partition coefficient (Wildman–Crippen LogP) is 2.75. The van der Waals surface area contributed by atoms with Crippen molar-refractivity contribution in [2.24, 2.45) is 5.92 Å². The van der Waals surface area contributed by atoms with E-state index in [1.165, 1.54) is 11.4 Å². The highest BCUT2D eigenvalue weighted by Crippen LogP contribution is 2.31. The number of hydrogen-bond acceptors (Lipinski definition) is 4. The number of fused-ring (bicyclic) bond motifs is 1. The van der Waals surface area contributed by atoms with Crippen molar-refractivity contribution in [3.8, 4) is 0 Å². The molecule has 1 aliphatic rings. The van der Waals surface area contributed by atoms with Crippen molar-refractivity contribution in [1.29, 1.82) is 0 Å². The Bertz CT molecular complexity index is 604. The monoisotopic (exact) mass is 285 g/mol. The molecule has 1 aliphatic heterocycles. The molecule has 21 heavy (non-hydrogen) atoms. The molecule has 0 saturated heterocycles. The highest BCUT2D eigenvalue weighted by molar-refractivity contribution is 5.72. The van der Waals surface area contributed by atoms with Gasteiger partial charge in [0.15, 0.2) is 0 Å². The maximum Gasteiger partial charge on any atom is 0.146 e. The van der Waals surface area contributed by atoms with E-state index in [2.05, 4.69) is 65.3 Å². The molecule has 0 spiro atoms. The average Bonchev–Trinajstić information content (AvgIpc) is 2.88. The van der Waals surface area contributed by atoms with Crippen LogP contribution in [-0.2, 0) is 13.1 Å². The molecule has 1 atom stereocenters. The smallest absolute Gasteiger partial charge is 0.146 e. The molecule has 112 valence electrons. The summed E-state index contributed by atoms with van der Waals surface area (Å²) in [6.07, 6.45) is 1.66. The quantitative estimate of drug-likeness (QED) is 0.938. The van der Waals surface area contributed by atoms with Crippen LogP contribution in [0, 0.1) is 5.92 Å². The van der Waals surface area contributed by atoms with Crippen LogP contribution in [0.4, 0.5) is 11.4 Å². The minimum absolute atomic E-state index is 0.434. The van der Waals surface area contributed by atoms with Crippen molar-refractivity contribution in [3.05, 3.63) is 36.4 Å². The summed E-state index contributed by atoms with van der Waals surface area (Å²) < 4.78 is 2.03. The fourth-order valence-corrected chi connectivity index (χ4v) is 2.78. The van der Waals surface area contributed by atoms with E-state index >= 15 is 0 Å². The van der Waals surface area contributed by atoms with Gasteiger partial charge >= 0.3 is 0 Å². The first-order valence-corrected chi connectivity index (χ1v) is 7.61. The number of nitrogens with zero attached hydrogens (tertiary/aromatic N) is 4. The zero-order chi connectivity index (χ0) is 14.8. The second kappa shape index (κ2) is 5.76. The fourth-order valence-electron chi connectivity index (χ4n) is 2.78. The molecule has 0 aliphatic carbocycles. The summed E-state index contributed by atoms with van der Waals surface area (Å²) in [6, 6.07) is 8.89. The van der Waals surface area contributed by atoms with Gasteiger partial charge in [-0.15, -0.1) is 0 Å². The number of hydrogen-bond donors (Lipinski definition) is 1. The fraction of sp³-hybridized carbons (Fsp3) is 0.500. The van der Waals surface area contributed by atoms with Crippen LogP contribution in [0.25, 0.3) is 0 Å². The highest BCUT2D eigenvalue weighted by Gasteiger charge is 2.24. The van der Waals surface area contributed by atoms with Crippen LogP contribution in [0.5, 0.6) is 0 Å². The Balaban J connectivity index is 1.86. The lowest BCUT2D eigenvalue weighted by Crippen LogP contribution is -2.42. The predicted molar refractivity (Wildman–Crippen MR) is 85.4 cm³/mol. The van der Waals surface area contributed by atoms with E-state index in [4.69, 9.17) is 0 Å². The number of benzene rings is 1. The van der Waals surface area contributed by atoms with Crippen molar-refractivity contribution in [1.82, 2.24) is 14.8 Å². The molecule has 3 rings (SSSR count). The Morgan fingerprint density at radius 3 is 2.95 bits per heavy atom. The van der Waals surface area contributed by atoms with Crippen LogP contribution >= 0.6 is 0 Å². The summed E-state index contributed by atoms with van der Waals surface area (Å²) in [7, 11) is 0. The Morgan fingerprint density at radius 2 is 2.14 bits per heavy atom. The van der Waals surface area contributed by atoms with Crippen molar-refractivity contribution in [3.63, 3.8) is 0 Å². The third-order valence-corrected chi connectivity index (χ3v) is 3.88. The van der Waals surface area contributed by atoms with Gasteiger partial charge in [0.1, 0.15) is 12.2 Å². The third-order valence-electron chi connectivity index (χ3n) is 3.88. The highest BCUT2D eigenvalue weighted by atomic mass is 15.4. The second-order valence-electron chi connectivity index (χ2n) is 6.13. The molecule has 5 heteroatoms. The van der Waals surface area contributed by atoms with Crippen LogP contribution in [0.3, 0.4) is 0 Å². The van der Waals surface area contributed by atoms with Crippen molar-refractivity contribution in [2.45, 2.75) is 39.9 Å². The summed E-state index contributed by atoms with van der Waals surface area (Å²) in [5.74, 6) is 1.60. The van der Waals surface area contributed by atoms with E-state index in [0.717, 1.165) is 25.5 Å². The van der Waals surface area contributed by atoms with Crippen molar-refractivity contribution in [2.75, 3.05) is 16.8 Å². The standard InChI is InChI=1S/C16H23N5/c1-12(2)9-21-16(18-11-19-21)10-20-13(3)8-17-14-6-4-5-7-15(14)20/h4-7,11-13,17H,8-10H2,1-3H3. The molecule has 1 unspecified atom stereocenters. The second-order valence-corrected chi connectivity index (χ2v) is 6.13. The maximum absolute atomic E-state index is 4.46. The van der Waals surface area contributed by atoms with Crippen LogP contribution < -0.4 is 10.2 Å². The lowest BCUT2D eigenvalue weighted by atomic mass is 10.1. The van der Waals surface area contributed by atoms with Gasteiger partial charge in [0.2, 0.25) is 0 Å². The molecule has 2 heterocycles. The number of anilines is 2. The zero-order valence-electron chi connectivity index (χ0n) is 13.0. The van der Waals surface area contributed by atoms with Crippen LogP contribution in [0.1, 0.15) is 26.6 Å². The molecule has 0 fully saturated rings. The van der Waals surface area contributed by atoms with Gasteiger partial charge in [-0.2, -0.15) is 5.10 Å².